The van der Waals surface area contributed by atoms with Gasteiger partial charge in [0.1, 0.15) is 5.78 Å². The molecule has 0 N–H and O–H groups in total. The van der Waals surface area contributed by atoms with E-state index in [0.717, 1.165) is 24.8 Å². The Kier molecular flexibility index (Phi) is 2.93. The van der Waals surface area contributed by atoms with Crippen molar-refractivity contribution in [2.75, 3.05) is 0 Å². The second-order valence-electron chi connectivity index (χ2n) is 4.95. The first-order valence-electron chi connectivity index (χ1n) is 6.15. The fourth-order valence-electron chi connectivity index (χ4n) is 2.94. The van der Waals surface area contributed by atoms with Gasteiger partial charge in [-0.15, -0.1) is 0 Å². The molecular weight excluding hydrogens is 236 g/mol. The van der Waals surface area contributed by atoms with Gasteiger partial charge in [0, 0.05) is 17.4 Å². The van der Waals surface area contributed by atoms with E-state index in [1.807, 2.05) is 24.3 Å². The van der Waals surface area contributed by atoms with Crippen molar-refractivity contribution in [3.63, 3.8) is 0 Å². The van der Waals surface area contributed by atoms with Crippen LogP contribution in [0.5, 0.6) is 0 Å². The van der Waals surface area contributed by atoms with Gasteiger partial charge >= 0.3 is 0 Å². The van der Waals surface area contributed by atoms with E-state index in [-0.39, 0.29) is 17.8 Å². The van der Waals surface area contributed by atoms with Gasteiger partial charge in [-0.3, -0.25) is 4.79 Å². The van der Waals surface area contributed by atoms with Crippen LogP contribution in [0.1, 0.15) is 24.8 Å². The van der Waals surface area contributed by atoms with E-state index < -0.39 is 0 Å². The number of benzene rings is 1. The molecule has 0 aliphatic carbocycles. The zero-order valence-electron chi connectivity index (χ0n) is 9.56. The van der Waals surface area contributed by atoms with Crippen molar-refractivity contribution in [2.24, 2.45) is 5.92 Å². The zero-order valence-corrected chi connectivity index (χ0v) is 10.3. The summed E-state index contributed by atoms with van der Waals surface area (Å²) in [6.07, 6.45) is 4.03. The third-order valence-electron chi connectivity index (χ3n) is 3.84. The molecule has 90 valence electrons. The molecule has 3 atom stereocenters. The third kappa shape index (κ3) is 2.12. The highest BCUT2D eigenvalue weighted by atomic mass is 35.5. The molecule has 3 rings (SSSR count). The maximum absolute atomic E-state index is 12.2. The van der Waals surface area contributed by atoms with Crippen LogP contribution in [-0.2, 0) is 16.0 Å². The molecule has 2 heterocycles. The van der Waals surface area contributed by atoms with Gasteiger partial charge in [-0.25, -0.2) is 0 Å². The SMILES string of the molecule is O=C(Cc1ccccc1Cl)C1CC2CCC1O2. The first kappa shape index (κ1) is 11.2. The first-order valence-corrected chi connectivity index (χ1v) is 6.53. The van der Waals surface area contributed by atoms with Crippen LogP contribution in [0.4, 0.5) is 0 Å². The molecule has 0 spiro atoms. The van der Waals surface area contributed by atoms with Crippen molar-refractivity contribution >= 4 is 17.4 Å². The highest BCUT2D eigenvalue weighted by Gasteiger charge is 2.43. The molecule has 0 amide bonds. The molecule has 2 bridgehead atoms. The van der Waals surface area contributed by atoms with Gasteiger partial charge in [0.15, 0.2) is 0 Å². The molecule has 2 aliphatic heterocycles. The highest BCUT2D eigenvalue weighted by Crippen LogP contribution is 2.39. The Bertz CT molecular complexity index is 444. The smallest absolute Gasteiger partial charge is 0.143 e. The van der Waals surface area contributed by atoms with Crippen LogP contribution in [0, 0.1) is 5.92 Å². The number of fused-ring (bicyclic) bond motifs is 2. The molecule has 2 saturated heterocycles. The van der Waals surface area contributed by atoms with Crippen molar-refractivity contribution in [3.05, 3.63) is 34.9 Å². The molecule has 0 saturated carbocycles. The number of hydrogen-bond acceptors (Lipinski definition) is 2. The summed E-state index contributed by atoms with van der Waals surface area (Å²) in [6.45, 7) is 0. The minimum absolute atomic E-state index is 0.102. The van der Waals surface area contributed by atoms with Crippen LogP contribution >= 0.6 is 11.6 Å². The Morgan fingerprint density at radius 1 is 1.35 bits per heavy atom. The fourth-order valence-corrected chi connectivity index (χ4v) is 3.14. The maximum atomic E-state index is 12.2. The van der Waals surface area contributed by atoms with Gasteiger partial charge in [-0.05, 0) is 30.9 Å². The number of halogens is 1. The lowest BCUT2D eigenvalue weighted by Gasteiger charge is -2.17. The third-order valence-corrected chi connectivity index (χ3v) is 4.21. The van der Waals surface area contributed by atoms with Gasteiger partial charge in [0.25, 0.3) is 0 Å². The summed E-state index contributed by atoms with van der Waals surface area (Å²) in [5, 5.41) is 0.685. The van der Waals surface area contributed by atoms with Crippen LogP contribution in [-0.4, -0.2) is 18.0 Å². The molecule has 0 radical (unpaired) electrons. The second-order valence-corrected chi connectivity index (χ2v) is 5.36. The minimum Gasteiger partial charge on any atom is -0.374 e. The van der Waals surface area contributed by atoms with Gasteiger partial charge in [0.2, 0.25) is 0 Å². The molecule has 3 unspecified atom stereocenters. The Hall–Kier alpha value is -0.860. The van der Waals surface area contributed by atoms with E-state index in [2.05, 4.69) is 0 Å². The van der Waals surface area contributed by atoms with E-state index in [9.17, 15) is 4.79 Å². The van der Waals surface area contributed by atoms with Crippen molar-refractivity contribution in [1.29, 1.82) is 0 Å². The van der Waals surface area contributed by atoms with E-state index in [1.165, 1.54) is 0 Å². The molecule has 1 aromatic rings. The number of ketones is 1. The average Bonchev–Trinajstić information content (AvgIpc) is 2.94. The molecule has 2 fully saturated rings. The molecule has 0 aromatic heterocycles. The summed E-state index contributed by atoms with van der Waals surface area (Å²) in [7, 11) is 0. The van der Waals surface area contributed by atoms with E-state index in [0.29, 0.717) is 17.5 Å². The summed E-state index contributed by atoms with van der Waals surface area (Å²) in [5.74, 6) is 0.385. The van der Waals surface area contributed by atoms with Crippen molar-refractivity contribution in [1.82, 2.24) is 0 Å². The Balaban J connectivity index is 1.70. The lowest BCUT2D eigenvalue weighted by Crippen LogP contribution is -2.26. The van der Waals surface area contributed by atoms with Gasteiger partial charge < -0.3 is 4.74 Å². The minimum atomic E-state index is 0.102. The predicted molar refractivity (Wildman–Crippen MR) is 66.2 cm³/mol. The summed E-state index contributed by atoms with van der Waals surface area (Å²) in [6, 6.07) is 7.57. The van der Waals surface area contributed by atoms with Crippen LogP contribution in [0.15, 0.2) is 24.3 Å². The summed E-state index contributed by atoms with van der Waals surface area (Å²) in [4.78, 5) is 12.2. The lowest BCUT2D eigenvalue weighted by atomic mass is 9.84. The maximum Gasteiger partial charge on any atom is 0.143 e. The fraction of sp³-hybridized carbons (Fsp3) is 0.500. The highest BCUT2D eigenvalue weighted by molar-refractivity contribution is 6.31. The molecule has 2 nitrogen and oxygen atoms in total. The average molecular weight is 251 g/mol. The standard InChI is InChI=1S/C14H15ClO2/c15-12-4-2-1-3-9(12)7-13(16)11-8-10-5-6-14(11)17-10/h1-4,10-11,14H,5-8H2. The van der Waals surface area contributed by atoms with Gasteiger partial charge in [-0.2, -0.15) is 0 Å². The molecule has 2 aliphatic rings. The van der Waals surface area contributed by atoms with E-state index in [4.69, 9.17) is 16.3 Å². The monoisotopic (exact) mass is 250 g/mol. The number of carbonyl (C=O) groups is 1. The molecule has 3 heteroatoms. The number of Topliss-reactive ketones (excluding diaryl/α,β-unsaturated/α-hetero) is 1. The molecular formula is C14H15ClO2. The van der Waals surface area contributed by atoms with Gasteiger partial charge in [0.05, 0.1) is 12.2 Å². The Morgan fingerprint density at radius 2 is 2.18 bits per heavy atom. The van der Waals surface area contributed by atoms with Crippen LogP contribution in [0.25, 0.3) is 0 Å². The van der Waals surface area contributed by atoms with Crippen molar-refractivity contribution < 1.29 is 9.53 Å². The largest absolute Gasteiger partial charge is 0.374 e. The Labute approximate surface area is 106 Å². The molecule has 1 aromatic carbocycles. The lowest BCUT2D eigenvalue weighted by molar-refractivity contribution is -0.123. The number of carbonyl (C=O) groups excluding carboxylic acids is 1. The predicted octanol–water partition coefficient (Wildman–Crippen LogP) is 3.02. The van der Waals surface area contributed by atoms with Crippen molar-refractivity contribution in [2.45, 2.75) is 37.9 Å². The quantitative estimate of drug-likeness (QED) is 0.824. The van der Waals surface area contributed by atoms with E-state index in [1.54, 1.807) is 0 Å². The van der Waals surface area contributed by atoms with Crippen molar-refractivity contribution in [3.8, 4) is 0 Å². The van der Waals surface area contributed by atoms with Crippen LogP contribution < -0.4 is 0 Å². The number of hydrogen-bond donors (Lipinski definition) is 0. The van der Waals surface area contributed by atoms with Crippen LogP contribution in [0.3, 0.4) is 0 Å². The number of ether oxygens (including phenoxy) is 1. The first-order chi connectivity index (χ1) is 8.24. The normalized spacial score (nSPS) is 30.8. The number of rotatable bonds is 3. The zero-order chi connectivity index (χ0) is 11.8. The Morgan fingerprint density at radius 3 is 2.82 bits per heavy atom. The van der Waals surface area contributed by atoms with E-state index >= 15 is 0 Å². The molecule has 17 heavy (non-hydrogen) atoms. The summed E-state index contributed by atoms with van der Waals surface area (Å²) < 4.78 is 5.72. The topological polar surface area (TPSA) is 26.3 Å². The van der Waals surface area contributed by atoms with Gasteiger partial charge in [-0.1, -0.05) is 29.8 Å². The second kappa shape index (κ2) is 4.43. The summed E-state index contributed by atoms with van der Waals surface area (Å²) in [5.41, 5.74) is 0.932. The summed E-state index contributed by atoms with van der Waals surface area (Å²) >= 11 is 6.07. The van der Waals surface area contributed by atoms with Crippen LogP contribution in [0.2, 0.25) is 5.02 Å².